The second kappa shape index (κ2) is 6.89. The van der Waals surface area contributed by atoms with Crippen LogP contribution in [0.3, 0.4) is 0 Å². The van der Waals surface area contributed by atoms with Crippen LogP contribution >= 0.6 is 11.8 Å². The molecule has 0 unspecified atom stereocenters. The summed E-state index contributed by atoms with van der Waals surface area (Å²) in [5.74, 6) is 2.23. The van der Waals surface area contributed by atoms with Gasteiger partial charge in [0, 0.05) is 19.5 Å². The highest BCUT2D eigenvalue weighted by Crippen LogP contribution is 2.13. The van der Waals surface area contributed by atoms with E-state index in [1.807, 2.05) is 18.8 Å². The summed E-state index contributed by atoms with van der Waals surface area (Å²) in [6, 6.07) is -0.0622. The fourth-order valence-electron chi connectivity index (χ4n) is 1.85. The smallest absolute Gasteiger partial charge is 0.245 e. The van der Waals surface area contributed by atoms with Gasteiger partial charge < -0.3 is 10.2 Å². The van der Waals surface area contributed by atoms with E-state index in [9.17, 15) is 9.59 Å². The molecule has 98 valence electrons. The first kappa shape index (κ1) is 14.4. The molecule has 1 saturated heterocycles. The Kier molecular flexibility index (Phi) is 5.82. The van der Waals surface area contributed by atoms with E-state index in [1.165, 1.54) is 0 Å². The Balaban J connectivity index is 2.37. The molecule has 1 fully saturated rings. The molecule has 0 aliphatic carbocycles. The highest BCUT2D eigenvalue weighted by molar-refractivity contribution is 7.99. The molecule has 0 saturated carbocycles. The summed E-state index contributed by atoms with van der Waals surface area (Å²) in [4.78, 5) is 24.9. The fourth-order valence-corrected chi connectivity index (χ4v) is 2.65. The molecular weight excluding hydrogens is 236 g/mol. The average Bonchev–Trinajstić information content (AvgIpc) is 2.74. The van der Waals surface area contributed by atoms with Gasteiger partial charge in [0.05, 0.1) is 0 Å². The lowest BCUT2D eigenvalue weighted by Gasteiger charge is -2.27. The molecule has 2 amide bonds. The highest BCUT2D eigenvalue weighted by atomic mass is 32.2. The first-order valence-corrected chi connectivity index (χ1v) is 7.35. The second-order valence-electron chi connectivity index (χ2n) is 4.44. The number of amides is 2. The quantitative estimate of drug-likeness (QED) is 0.730. The maximum atomic E-state index is 12.1. The summed E-state index contributed by atoms with van der Waals surface area (Å²) in [6.07, 6.45) is 2.12. The van der Waals surface area contributed by atoms with Gasteiger partial charge in [0.2, 0.25) is 11.8 Å². The van der Waals surface area contributed by atoms with Gasteiger partial charge in [0.25, 0.3) is 0 Å². The molecule has 0 aromatic carbocycles. The first-order valence-electron chi connectivity index (χ1n) is 6.20. The number of nitrogens with one attached hydrogen (secondary N) is 1. The Morgan fingerprint density at radius 3 is 2.88 bits per heavy atom. The molecule has 1 heterocycles. The molecule has 0 aromatic rings. The Labute approximate surface area is 108 Å². The molecule has 1 aliphatic rings. The minimum absolute atomic E-state index is 0.00839. The summed E-state index contributed by atoms with van der Waals surface area (Å²) in [7, 11) is 1.83. The van der Waals surface area contributed by atoms with Gasteiger partial charge in [0.1, 0.15) is 6.04 Å². The van der Waals surface area contributed by atoms with E-state index in [2.05, 4.69) is 19.2 Å². The van der Waals surface area contributed by atoms with Gasteiger partial charge in [-0.05, 0) is 31.3 Å². The molecule has 1 N–H and O–H groups in total. The van der Waals surface area contributed by atoms with E-state index in [4.69, 9.17) is 0 Å². The summed E-state index contributed by atoms with van der Waals surface area (Å²) < 4.78 is 0. The van der Waals surface area contributed by atoms with Gasteiger partial charge in [-0.25, -0.2) is 0 Å². The fraction of sp³-hybridized carbons (Fsp3) is 0.833. The van der Waals surface area contributed by atoms with Crippen molar-refractivity contribution in [1.29, 1.82) is 0 Å². The third-order valence-corrected chi connectivity index (χ3v) is 4.12. The van der Waals surface area contributed by atoms with Gasteiger partial charge in [0.15, 0.2) is 0 Å². The molecule has 2 atom stereocenters. The van der Waals surface area contributed by atoms with Crippen molar-refractivity contribution >= 4 is 23.6 Å². The molecule has 5 heteroatoms. The van der Waals surface area contributed by atoms with E-state index in [0.717, 1.165) is 17.9 Å². The van der Waals surface area contributed by atoms with Crippen molar-refractivity contribution in [3.8, 4) is 0 Å². The zero-order valence-corrected chi connectivity index (χ0v) is 11.7. The van der Waals surface area contributed by atoms with Crippen molar-refractivity contribution in [2.45, 2.75) is 45.2 Å². The summed E-state index contributed by atoms with van der Waals surface area (Å²) >= 11 is 1.89. The van der Waals surface area contributed by atoms with Crippen molar-refractivity contribution in [1.82, 2.24) is 10.2 Å². The van der Waals surface area contributed by atoms with Gasteiger partial charge in [-0.2, -0.15) is 11.8 Å². The molecule has 17 heavy (non-hydrogen) atoms. The minimum atomic E-state index is -0.297. The number of rotatable bonds is 6. The van der Waals surface area contributed by atoms with Crippen LogP contribution in [-0.2, 0) is 9.59 Å². The van der Waals surface area contributed by atoms with Crippen LogP contribution in [0.4, 0.5) is 0 Å². The number of nitrogens with zero attached hydrogens (tertiary/aromatic N) is 1. The van der Waals surface area contributed by atoms with Crippen molar-refractivity contribution in [2.24, 2.45) is 0 Å². The largest absolute Gasteiger partial charge is 0.344 e. The number of thioether (sulfide) groups is 1. The average molecular weight is 258 g/mol. The van der Waals surface area contributed by atoms with Crippen LogP contribution in [0.25, 0.3) is 0 Å². The SMILES string of the molecule is CCSCC[C@H](C)N(C)C(=O)[C@H]1CCC(=O)N1. The lowest BCUT2D eigenvalue weighted by Crippen LogP contribution is -2.46. The third kappa shape index (κ3) is 4.22. The van der Waals surface area contributed by atoms with Crippen LogP contribution < -0.4 is 5.32 Å². The molecule has 0 aromatic heterocycles. The maximum Gasteiger partial charge on any atom is 0.245 e. The Hall–Kier alpha value is -0.710. The zero-order chi connectivity index (χ0) is 12.8. The number of hydrogen-bond donors (Lipinski definition) is 1. The monoisotopic (exact) mass is 258 g/mol. The van der Waals surface area contributed by atoms with Crippen LogP contribution in [0.15, 0.2) is 0 Å². The van der Waals surface area contributed by atoms with Gasteiger partial charge in [-0.3, -0.25) is 9.59 Å². The molecule has 0 radical (unpaired) electrons. The van der Waals surface area contributed by atoms with Crippen molar-refractivity contribution in [2.75, 3.05) is 18.6 Å². The van der Waals surface area contributed by atoms with Crippen LogP contribution in [0.1, 0.15) is 33.1 Å². The van der Waals surface area contributed by atoms with E-state index >= 15 is 0 Å². The summed E-state index contributed by atoms with van der Waals surface area (Å²) in [6.45, 7) is 4.20. The number of likely N-dealkylation sites (N-methyl/N-ethyl adjacent to an activating group) is 1. The first-order chi connectivity index (χ1) is 8.06. The van der Waals surface area contributed by atoms with Crippen LogP contribution in [-0.4, -0.2) is 47.4 Å². The maximum absolute atomic E-state index is 12.1. The Morgan fingerprint density at radius 2 is 2.35 bits per heavy atom. The standard InChI is InChI=1S/C12H22N2O2S/c1-4-17-8-7-9(2)14(3)12(16)10-5-6-11(15)13-10/h9-10H,4-8H2,1-3H3,(H,13,15)/t9-,10+/m0/s1. The minimum Gasteiger partial charge on any atom is -0.344 e. The topological polar surface area (TPSA) is 49.4 Å². The van der Waals surface area contributed by atoms with Crippen LogP contribution in [0, 0.1) is 0 Å². The van der Waals surface area contributed by atoms with Crippen molar-refractivity contribution in [3.05, 3.63) is 0 Å². The second-order valence-corrected chi connectivity index (χ2v) is 5.84. The molecule has 1 rings (SSSR count). The number of hydrogen-bond acceptors (Lipinski definition) is 3. The number of carbonyl (C=O) groups excluding carboxylic acids is 2. The summed E-state index contributed by atoms with van der Waals surface area (Å²) in [5.41, 5.74) is 0. The third-order valence-electron chi connectivity index (χ3n) is 3.19. The molecule has 0 spiro atoms. The molecular formula is C12H22N2O2S. The number of carbonyl (C=O) groups is 2. The zero-order valence-electron chi connectivity index (χ0n) is 10.9. The predicted octanol–water partition coefficient (Wildman–Crippen LogP) is 1.26. The molecule has 0 bridgehead atoms. The molecule has 4 nitrogen and oxygen atoms in total. The van der Waals surface area contributed by atoms with Gasteiger partial charge in [-0.1, -0.05) is 6.92 Å². The Bertz CT molecular complexity index is 284. The van der Waals surface area contributed by atoms with Crippen LogP contribution in [0.5, 0.6) is 0 Å². The summed E-state index contributed by atoms with van der Waals surface area (Å²) in [5, 5.41) is 2.72. The predicted molar refractivity (Wildman–Crippen MR) is 71.0 cm³/mol. The lowest BCUT2D eigenvalue weighted by atomic mass is 10.1. The van der Waals surface area contributed by atoms with Crippen molar-refractivity contribution in [3.63, 3.8) is 0 Å². The Morgan fingerprint density at radius 1 is 1.65 bits per heavy atom. The lowest BCUT2D eigenvalue weighted by molar-refractivity contribution is -0.134. The van der Waals surface area contributed by atoms with Gasteiger partial charge in [-0.15, -0.1) is 0 Å². The highest BCUT2D eigenvalue weighted by Gasteiger charge is 2.30. The van der Waals surface area contributed by atoms with E-state index < -0.39 is 0 Å². The van der Waals surface area contributed by atoms with E-state index in [0.29, 0.717) is 12.8 Å². The van der Waals surface area contributed by atoms with Crippen LogP contribution in [0.2, 0.25) is 0 Å². The van der Waals surface area contributed by atoms with E-state index in [1.54, 1.807) is 4.90 Å². The molecule has 1 aliphatic heterocycles. The van der Waals surface area contributed by atoms with E-state index in [-0.39, 0.29) is 23.9 Å². The van der Waals surface area contributed by atoms with Gasteiger partial charge >= 0.3 is 0 Å². The van der Waals surface area contributed by atoms with Crippen molar-refractivity contribution < 1.29 is 9.59 Å². The normalized spacial score (nSPS) is 21.1.